The molecule has 310 valence electrons. The van der Waals surface area contributed by atoms with Crippen molar-refractivity contribution < 1.29 is 84.4 Å². The summed E-state index contributed by atoms with van der Waals surface area (Å²) >= 11 is 3.59. The molecule has 0 aromatic rings. The number of phosphoric acid groups is 2. The van der Waals surface area contributed by atoms with Gasteiger partial charge in [0.25, 0.3) is 0 Å². The minimum absolute atomic E-state index is 0. The molecule has 16 nitrogen and oxygen atoms in total. The van der Waals surface area contributed by atoms with Crippen LogP contribution >= 0.6 is 28.3 Å². The van der Waals surface area contributed by atoms with Crippen molar-refractivity contribution in [2.45, 2.75) is 146 Å². The molecule has 1 saturated carbocycles. The maximum Gasteiger partial charge on any atom is 0.472 e. The van der Waals surface area contributed by atoms with Gasteiger partial charge in [0.2, 0.25) is 0 Å². The third kappa shape index (κ3) is 25.3. The first-order valence-electron chi connectivity index (χ1n) is 17.1. The zero-order valence-corrected chi connectivity index (χ0v) is 32.3. The van der Waals surface area contributed by atoms with E-state index in [1.54, 1.807) is 0 Å². The molecule has 8 N–H and O–H groups in total. The molecule has 0 aromatic heterocycles. The number of aliphatic hydroxyl groups is 4. The number of ether oxygens (including phenoxy) is 1. The first-order chi connectivity index (χ1) is 25.0. The Kier molecular flexibility index (Phi) is 27.6. The topological polar surface area (TPSA) is 267 Å². The number of aliphatic hydroxyl groups excluding tert-OH is 4. The van der Waals surface area contributed by atoms with Gasteiger partial charge < -0.3 is 44.9 Å². The van der Waals surface area contributed by atoms with Crippen molar-refractivity contribution in [3.8, 4) is 47.2 Å². The molecule has 5 unspecified atom stereocenters. The lowest BCUT2D eigenvalue weighted by Gasteiger charge is -2.43. The highest BCUT2D eigenvalue weighted by atomic mass is 32.1. The number of carbonyl (C=O) groups excluding carboxylic acids is 1. The molecule has 0 aromatic carbocycles. The molecule has 1 rings (SSSR count). The third-order valence-corrected chi connectivity index (χ3v) is 9.16. The minimum atomic E-state index is -5.29. The molecule has 0 spiro atoms. The maximum atomic E-state index is 12.5. The zero-order valence-electron chi connectivity index (χ0n) is 29.6. The Balaban J connectivity index is -0.000000430. The van der Waals surface area contributed by atoms with Gasteiger partial charge in [0, 0.05) is 13.6 Å². The van der Waals surface area contributed by atoms with E-state index in [4.69, 9.17) is 30.6 Å². The minimum Gasteiger partial charge on any atom is -0.481 e. The summed E-state index contributed by atoms with van der Waals surface area (Å²) in [4.78, 5) is 51.3. The van der Waals surface area contributed by atoms with Crippen molar-refractivity contribution in [1.82, 2.24) is 0 Å². The van der Waals surface area contributed by atoms with Crippen molar-refractivity contribution in [1.29, 1.82) is 0 Å². The second-order valence-corrected chi connectivity index (χ2v) is 14.8. The highest BCUT2D eigenvalue weighted by Gasteiger charge is 2.54. The first kappa shape index (κ1) is 50.6. The highest BCUT2D eigenvalue weighted by molar-refractivity contribution is 7.85. The molecule has 0 heterocycles. The van der Waals surface area contributed by atoms with E-state index in [9.17, 15) is 44.0 Å². The van der Waals surface area contributed by atoms with Crippen LogP contribution in [0.4, 0.5) is 0 Å². The van der Waals surface area contributed by atoms with Crippen LogP contribution in [-0.2, 0) is 37.0 Å². The smallest absolute Gasteiger partial charge is 0.472 e. The van der Waals surface area contributed by atoms with Gasteiger partial charge in [-0.25, -0.2) is 9.13 Å². The molecule has 1 aliphatic carbocycles. The molecular formula is C34H62O16P2S. The summed E-state index contributed by atoms with van der Waals surface area (Å²) in [6.45, 7) is 1.27. The van der Waals surface area contributed by atoms with Crippen LogP contribution in [0.15, 0.2) is 0 Å². The zero-order chi connectivity index (χ0) is 40.3. The number of carbonyl (C=O) groups is 2. The lowest BCUT2D eigenvalue weighted by Crippen LogP contribution is -2.64. The van der Waals surface area contributed by atoms with Crippen LogP contribution in [0, 0.1) is 47.2 Å². The summed E-state index contributed by atoms with van der Waals surface area (Å²) in [5.41, 5.74) is 0. The molecule has 19 heteroatoms. The van der Waals surface area contributed by atoms with E-state index in [-0.39, 0.29) is 13.6 Å². The summed E-state index contributed by atoms with van der Waals surface area (Å²) in [5, 5.41) is 51.9. The summed E-state index contributed by atoms with van der Waals surface area (Å²) < 4.78 is 42.2. The predicted molar refractivity (Wildman–Crippen MR) is 206 cm³/mol. The Bertz CT molecular complexity index is 1420. The van der Waals surface area contributed by atoms with Gasteiger partial charge in [-0.1, -0.05) is 96.6 Å². The second kappa shape index (κ2) is 29.0. The van der Waals surface area contributed by atoms with Gasteiger partial charge >= 0.3 is 27.6 Å². The predicted octanol–water partition coefficient (Wildman–Crippen LogP) is 4.04. The SMILES string of the molecule is C#CC#CC#CC#CS.CCCCCCCCCCCCCCCC(=O)O[C@@H](COP(=O)(O)OC1C(O)[C@H](O)C(OP(=O)(O)O)C(O)[C@@H]1O)CC(=O)O.[HH].[HH].[HH].[HH].[HH]. The molecule has 1 aliphatic rings. The molecule has 0 bridgehead atoms. The molecule has 0 radical (unpaired) electrons. The number of hydrogen-bond acceptors (Lipinski definition) is 13. The van der Waals surface area contributed by atoms with Crippen molar-refractivity contribution in [2.75, 3.05) is 6.61 Å². The number of carboxylic acids is 1. The van der Waals surface area contributed by atoms with Crippen LogP contribution < -0.4 is 0 Å². The van der Waals surface area contributed by atoms with Gasteiger partial charge in [-0.05, 0) is 47.2 Å². The van der Waals surface area contributed by atoms with E-state index >= 15 is 0 Å². The average Bonchev–Trinajstić information content (AvgIpc) is 3.08. The Morgan fingerprint density at radius 3 is 1.60 bits per heavy atom. The first-order valence-corrected chi connectivity index (χ1v) is 20.6. The number of terminal acetylenes is 1. The number of rotatable bonds is 24. The summed E-state index contributed by atoms with van der Waals surface area (Å²) in [6, 6.07) is 0. The van der Waals surface area contributed by atoms with Crippen LogP contribution in [0.5, 0.6) is 0 Å². The van der Waals surface area contributed by atoms with Gasteiger partial charge in [-0.15, -0.1) is 6.42 Å². The molecule has 8 atom stereocenters. The standard InChI is InChI=1S/C26H50O16P2.C8H2S.5H2/c1-2-3-4-5-6-7-8-9-10-11-12-13-14-15-20(29)40-18(16-19(27)28)17-39-44(37,38)42-26-23(32)21(30)25(22(31)24(26)33)41-43(34,35)36;1-2-3-4-5-6-7-8-9;;;;;/h18,21-26,30-33H,2-17H2,1H3,(H,27,28)(H,37,38)(H2,34,35,36);1,9H;5*1H/t18-,21+,22?,23?,24+,25?,26?;;;;;;/m1....../s1. The lowest BCUT2D eigenvalue weighted by atomic mass is 9.85. The van der Waals surface area contributed by atoms with Crippen LogP contribution in [0.25, 0.3) is 0 Å². The van der Waals surface area contributed by atoms with E-state index in [0.717, 1.165) is 25.7 Å². The lowest BCUT2D eigenvalue weighted by molar-refractivity contribution is -0.216. The fraction of sp³-hybridized carbons (Fsp3) is 0.706. The van der Waals surface area contributed by atoms with Crippen molar-refractivity contribution in [3.05, 3.63) is 0 Å². The number of thiol groups is 1. The Hall–Kier alpha value is -2.41. The third-order valence-electron chi connectivity index (χ3n) is 7.55. The maximum absolute atomic E-state index is 12.5. The molecular weight excluding hydrogens is 758 g/mol. The summed E-state index contributed by atoms with van der Waals surface area (Å²) in [7, 11) is -10.6. The van der Waals surface area contributed by atoms with E-state index in [1.165, 1.54) is 51.4 Å². The van der Waals surface area contributed by atoms with Crippen LogP contribution in [0.3, 0.4) is 0 Å². The van der Waals surface area contributed by atoms with Gasteiger partial charge in [0.05, 0.1) is 13.0 Å². The van der Waals surface area contributed by atoms with E-state index < -0.39 is 83.3 Å². The Morgan fingerprint density at radius 2 is 1.17 bits per heavy atom. The molecule has 0 aliphatic heterocycles. The number of carboxylic acid groups (broad SMARTS) is 1. The number of esters is 1. The second-order valence-electron chi connectivity index (χ2n) is 11.9. The molecule has 53 heavy (non-hydrogen) atoms. The Morgan fingerprint density at radius 1 is 0.736 bits per heavy atom. The van der Waals surface area contributed by atoms with Gasteiger partial charge in [-0.3, -0.25) is 23.2 Å². The molecule has 0 saturated heterocycles. The van der Waals surface area contributed by atoms with Gasteiger partial charge in [-0.2, -0.15) is 0 Å². The van der Waals surface area contributed by atoms with Crippen LogP contribution in [0.2, 0.25) is 0 Å². The average molecular weight is 821 g/mol. The Labute approximate surface area is 324 Å². The molecule has 0 amide bonds. The normalized spacial score (nSPS) is 22.3. The summed E-state index contributed by atoms with van der Waals surface area (Å²) in [5.74, 6) is 11.9. The van der Waals surface area contributed by atoms with Crippen molar-refractivity contribution in [3.63, 3.8) is 0 Å². The van der Waals surface area contributed by atoms with Gasteiger partial charge in [0.1, 0.15) is 42.7 Å². The number of aliphatic carboxylic acids is 1. The molecule has 1 fully saturated rings. The number of phosphoric ester groups is 2. The monoisotopic (exact) mass is 820 g/mol. The fourth-order valence-electron chi connectivity index (χ4n) is 4.97. The van der Waals surface area contributed by atoms with Crippen molar-refractivity contribution in [2.24, 2.45) is 0 Å². The largest absolute Gasteiger partial charge is 0.481 e. The van der Waals surface area contributed by atoms with Crippen molar-refractivity contribution >= 4 is 40.2 Å². The number of unbranched alkanes of at least 4 members (excludes halogenated alkanes) is 12. The van der Waals surface area contributed by atoms with Crippen LogP contribution in [0.1, 0.15) is 110 Å². The van der Waals surface area contributed by atoms with Crippen LogP contribution in [-0.4, -0.2) is 101 Å². The highest BCUT2D eigenvalue weighted by Crippen LogP contribution is 2.48. The van der Waals surface area contributed by atoms with Gasteiger partial charge in [0.15, 0.2) is 0 Å². The fourth-order valence-corrected chi connectivity index (χ4v) is 6.56. The summed E-state index contributed by atoms with van der Waals surface area (Å²) in [6.07, 6.45) is 3.43. The van der Waals surface area contributed by atoms with E-state index in [0.29, 0.717) is 6.42 Å². The van der Waals surface area contributed by atoms with E-state index in [1.807, 2.05) is 0 Å². The quantitative estimate of drug-likeness (QED) is 0.0219. The van der Waals surface area contributed by atoms with E-state index in [2.05, 4.69) is 69.4 Å². The number of hydrogen-bond donors (Lipinski definition) is 9.